The fraction of sp³-hybridized carbons (Fsp3) is 0.357. The summed E-state index contributed by atoms with van der Waals surface area (Å²) in [5.41, 5.74) is 7.97. The molecular formula is C14H19N5. The minimum Gasteiger partial charge on any atom is -0.383 e. The largest absolute Gasteiger partial charge is 0.383 e. The molecule has 2 rings (SSSR count). The Morgan fingerprint density at radius 1 is 1.21 bits per heavy atom. The first-order valence-corrected chi connectivity index (χ1v) is 6.34. The van der Waals surface area contributed by atoms with Gasteiger partial charge >= 0.3 is 0 Å². The zero-order chi connectivity index (χ0) is 13.8. The van der Waals surface area contributed by atoms with E-state index in [0.717, 1.165) is 22.8 Å². The van der Waals surface area contributed by atoms with E-state index in [1.54, 1.807) is 12.4 Å². The average Bonchev–Trinajstić information content (AvgIpc) is 2.41. The predicted octanol–water partition coefficient (Wildman–Crippen LogP) is 2.50. The first kappa shape index (κ1) is 13.3. The fourth-order valence-corrected chi connectivity index (χ4v) is 1.67. The molecule has 0 radical (unpaired) electrons. The van der Waals surface area contributed by atoms with Gasteiger partial charge in [0.15, 0.2) is 0 Å². The molecule has 2 aromatic rings. The molecule has 0 aliphatic heterocycles. The van der Waals surface area contributed by atoms with Crippen molar-refractivity contribution < 1.29 is 0 Å². The van der Waals surface area contributed by atoms with Crippen molar-refractivity contribution in [1.82, 2.24) is 15.0 Å². The molecule has 0 bridgehead atoms. The van der Waals surface area contributed by atoms with Gasteiger partial charge in [-0.3, -0.25) is 4.98 Å². The molecule has 0 spiro atoms. The maximum absolute atomic E-state index is 5.93. The van der Waals surface area contributed by atoms with Crippen LogP contribution in [0, 0.1) is 6.92 Å². The van der Waals surface area contributed by atoms with E-state index in [-0.39, 0.29) is 5.92 Å². The minimum absolute atomic E-state index is 0.254. The molecule has 19 heavy (non-hydrogen) atoms. The smallest absolute Gasteiger partial charge is 0.135 e. The van der Waals surface area contributed by atoms with E-state index in [2.05, 4.69) is 34.1 Å². The van der Waals surface area contributed by atoms with Crippen LogP contribution in [0.15, 0.2) is 24.5 Å². The summed E-state index contributed by atoms with van der Waals surface area (Å²) in [5.74, 6) is 2.36. The molecule has 5 nitrogen and oxygen atoms in total. The molecule has 0 saturated carbocycles. The van der Waals surface area contributed by atoms with Gasteiger partial charge in [-0.2, -0.15) is 0 Å². The van der Waals surface area contributed by atoms with Crippen molar-refractivity contribution in [2.75, 3.05) is 11.1 Å². The summed E-state index contributed by atoms with van der Waals surface area (Å²) < 4.78 is 0. The lowest BCUT2D eigenvalue weighted by atomic mass is 10.2. The Balaban J connectivity index is 2.20. The summed E-state index contributed by atoms with van der Waals surface area (Å²) in [6, 6.07) is 3.94. The lowest BCUT2D eigenvalue weighted by Crippen LogP contribution is -2.10. The number of rotatable bonds is 4. The number of anilines is 2. The van der Waals surface area contributed by atoms with Crippen molar-refractivity contribution in [2.24, 2.45) is 0 Å². The van der Waals surface area contributed by atoms with Crippen LogP contribution < -0.4 is 11.1 Å². The van der Waals surface area contributed by atoms with Crippen molar-refractivity contribution in [3.05, 3.63) is 41.5 Å². The predicted molar refractivity (Wildman–Crippen MR) is 76.8 cm³/mol. The first-order valence-electron chi connectivity index (χ1n) is 6.34. The standard InChI is InChI=1S/C14H19N5/c1-9(2)13-18-12(15)10(3)14(19-13)17-8-11-4-6-16-7-5-11/h4-7,9H,8H2,1-3H3,(H3,15,17,18,19). The molecule has 0 unspecified atom stereocenters. The second-order valence-electron chi connectivity index (χ2n) is 4.80. The highest BCUT2D eigenvalue weighted by Gasteiger charge is 2.10. The summed E-state index contributed by atoms with van der Waals surface area (Å²) >= 11 is 0. The van der Waals surface area contributed by atoms with Gasteiger partial charge in [-0.15, -0.1) is 0 Å². The van der Waals surface area contributed by atoms with E-state index in [4.69, 9.17) is 5.73 Å². The van der Waals surface area contributed by atoms with Crippen LogP contribution in [-0.4, -0.2) is 15.0 Å². The summed E-state index contributed by atoms with van der Waals surface area (Å²) in [6.07, 6.45) is 3.55. The number of nitrogens with zero attached hydrogens (tertiary/aromatic N) is 3. The molecule has 100 valence electrons. The van der Waals surface area contributed by atoms with Crippen LogP contribution in [0.4, 0.5) is 11.6 Å². The first-order chi connectivity index (χ1) is 9.08. The van der Waals surface area contributed by atoms with E-state index in [1.165, 1.54) is 0 Å². The van der Waals surface area contributed by atoms with Gasteiger partial charge in [0.25, 0.3) is 0 Å². The molecule has 3 N–H and O–H groups in total. The van der Waals surface area contributed by atoms with Crippen LogP contribution in [-0.2, 0) is 6.54 Å². The van der Waals surface area contributed by atoms with E-state index < -0.39 is 0 Å². The van der Waals surface area contributed by atoms with Crippen LogP contribution in [0.1, 0.15) is 36.7 Å². The zero-order valence-electron chi connectivity index (χ0n) is 11.5. The number of hydrogen-bond acceptors (Lipinski definition) is 5. The molecule has 0 aliphatic rings. The van der Waals surface area contributed by atoms with Gasteiger partial charge in [0.1, 0.15) is 17.5 Å². The Hall–Kier alpha value is -2.17. The van der Waals surface area contributed by atoms with Crippen LogP contribution in [0.5, 0.6) is 0 Å². The number of nitrogens with two attached hydrogens (primary N) is 1. The van der Waals surface area contributed by atoms with Crippen LogP contribution in [0.25, 0.3) is 0 Å². The van der Waals surface area contributed by atoms with Gasteiger partial charge in [0, 0.05) is 30.4 Å². The Kier molecular flexibility index (Phi) is 3.94. The number of hydrogen-bond donors (Lipinski definition) is 2. The maximum atomic E-state index is 5.93. The number of nitrogen functional groups attached to an aromatic ring is 1. The molecular weight excluding hydrogens is 238 g/mol. The normalized spacial score (nSPS) is 10.7. The van der Waals surface area contributed by atoms with Crippen molar-refractivity contribution in [1.29, 1.82) is 0 Å². The highest BCUT2D eigenvalue weighted by Crippen LogP contribution is 2.21. The van der Waals surface area contributed by atoms with Crippen molar-refractivity contribution in [2.45, 2.75) is 33.2 Å². The second kappa shape index (κ2) is 5.65. The van der Waals surface area contributed by atoms with Crippen molar-refractivity contribution in [3.8, 4) is 0 Å². The van der Waals surface area contributed by atoms with E-state index in [1.807, 2.05) is 19.1 Å². The highest BCUT2D eigenvalue weighted by molar-refractivity contribution is 5.55. The quantitative estimate of drug-likeness (QED) is 0.880. The number of aromatic nitrogens is 3. The third-order valence-corrected chi connectivity index (χ3v) is 2.93. The summed E-state index contributed by atoms with van der Waals surface area (Å²) in [4.78, 5) is 12.8. The highest BCUT2D eigenvalue weighted by atomic mass is 15.1. The molecule has 0 saturated heterocycles. The minimum atomic E-state index is 0.254. The summed E-state index contributed by atoms with van der Waals surface area (Å²) in [6.45, 7) is 6.72. The van der Waals surface area contributed by atoms with Gasteiger partial charge in [0.2, 0.25) is 0 Å². The monoisotopic (exact) mass is 257 g/mol. The Morgan fingerprint density at radius 3 is 2.53 bits per heavy atom. The molecule has 0 atom stereocenters. The molecule has 2 aromatic heterocycles. The lowest BCUT2D eigenvalue weighted by molar-refractivity contribution is 0.774. The third-order valence-electron chi connectivity index (χ3n) is 2.93. The van der Waals surface area contributed by atoms with E-state index in [9.17, 15) is 0 Å². The van der Waals surface area contributed by atoms with Crippen molar-refractivity contribution >= 4 is 11.6 Å². The second-order valence-corrected chi connectivity index (χ2v) is 4.80. The molecule has 0 aromatic carbocycles. The van der Waals surface area contributed by atoms with Crippen LogP contribution >= 0.6 is 0 Å². The number of nitrogens with one attached hydrogen (secondary N) is 1. The van der Waals surface area contributed by atoms with Crippen LogP contribution in [0.3, 0.4) is 0 Å². The Labute approximate surface area is 113 Å². The molecule has 0 fully saturated rings. The summed E-state index contributed by atoms with van der Waals surface area (Å²) in [5, 5.41) is 3.31. The molecule has 0 aliphatic carbocycles. The zero-order valence-corrected chi connectivity index (χ0v) is 11.5. The van der Waals surface area contributed by atoms with Gasteiger partial charge in [0.05, 0.1) is 0 Å². The van der Waals surface area contributed by atoms with Gasteiger partial charge in [-0.1, -0.05) is 13.8 Å². The van der Waals surface area contributed by atoms with Gasteiger partial charge in [-0.05, 0) is 24.6 Å². The van der Waals surface area contributed by atoms with E-state index in [0.29, 0.717) is 12.4 Å². The SMILES string of the molecule is Cc1c(N)nc(C(C)C)nc1NCc1ccncc1. The Bertz CT molecular complexity index is 551. The number of pyridine rings is 1. The molecule has 5 heteroatoms. The maximum Gasteiger partial charge on any atom is 0.135 e. The van der Waals surface area contributed by atoms with Crippen LogP contribution in [0.2, 0.25) is 0 Å². The molecule has 0 amide bonds. The van der Waals surface area contributed by atoms with E-state index >= 15 is 0 Å². The third kappa shape index (κ3) is 3.19. The fourth-order valence-electron chi connectivity index (χ4n) is 1.67. The summed E-state index contributed by atoms with van der Waals surface area (Å²) in [7, 11) is 0. The van der Waals surface area contributed by atoms with Gasteiger partial charge in [-0.25, -0.2) is 9.97 Å². The van der Waals surface area contributed by atoms with Gasteiger partial charge < -0.3 is 11.1 Å². The average molecular weight is 257 g/mol. The topological polar surface area (TPSA) is 76.7 Å². The Morgan fingerprint density at radius 2 is 1.89 bits per heavy atom. The lowest BCUT2D eigenvalue weighted by Gasteiger charge is -2.13. The van der Waals surface area contributed by atoms with Crippen molar-refractivity contribution in [3.63, 3.8) is 0 Å². The molecule has 2 heterocycles.